The number of fused-ring (bicyclic) bond motifs is 3. The van der Waals surface area contributed by atoms with Crippen molar-refractivity contribution < 1.29 is 9.53 Å². The van der Waals surface area contributed by atoms with Gasteiger partial charge in [0, 0.05) is 48.1 Å². The molecule has 0 spiro atoms. The largest absolute Gasteiger partial charge is 0.381 e. The predicted molar refractivity (Wildman–Crippen MR) is 108 cm³/mol. The molecule has 4 heterocycles. The predicted octanol–water partition coefficient (Wildman–Crippen LogP) is 3.43. The Morgan fingerprint density at radius 1 is 1.29 bits per heavy atom. The second kappa shape index (κ2) is 7.26. The third kappa shape index (κ3) is 2.91. The van der Waals surface area contributed by atoms with E-state index in [1.165, 1.54) is 10.9 Å². The average Bonchev–Trinajstić information content (AvgIpc) is 3.38. The van der Waals surface area contributed by atoms with Crippen molar-refractivity contribution in [1.82, 2.24) is 19.7 Å². The van der Waals surface area contributed by atoms with Crippen LogP contribution in [-0.2, 0) is 16.0 Å². The minimum atomic E-state index is -0.184. The first-order chi connectivity index (χ1) is 13.8. The summed E-state index contributed by atoms with van der Waals surface area (Å²) in [6, 6.07) is 8.49. The van der Waals surface area contributed by atoms with E-state index in [0.29, 0.717) is 12.6 Å². The van der Waals surface area contributed by atoms with Gasteiger partial charge in [-0.15, -0.1) is 11.6 Å². The summed E-state index contributed by atoms with van der Waals surface area (Å²) in [6.07, 6.45) is 6.75. The molecule has 3 aromatic rings. The smallest absolute Gasteiger partial charge is 0.238 e. The molecule has 1 amide bonds. The van der Waals surface area contributed by atoms with Crippen molar-refractivity contribution in [2.24, 2.45) is 0 Å². The molecular formula is C21H23ClN4O2. The molecule has 0 radical (unpaired) electrons. The van der Waals surface area contributed by atoms with Gasteiger partial charge in [-0.25, -0.2) is 0 Å². The molecule has 1 saturated heterocycles. The summed E-state index contributed by atoms with van der Waals surface area (Å²) < 4.78 is 7.51. The van der Waals surface area contributed by atoms with E-state index >= 15 is 0 Å². The standard InChI is InChI=1S/C21H23ClN4O2/c22-11-19(27)25-8-5-17-16-3-1-2-4-18(16)24-20(17)21(25)14-12-23-26(13-14)15-6-9-28-10-7-15/h1-4,12-13,15,21,24H,5-11H2/t21-/m0/s1. The fourth-order valence-electron chi connectivity index (χ4n) is 4.58. The van der Waals surface area contributed by atoms with E-state index < -0.39 is 0 Å². The number of carbonyl (C=O) groups excluding carboxylic acids is 1. The fraction of sp³-hybridized carbons (Fsp3) is 0.429. The summed E-state index contributed by atoms with van der Waals surface area (Å²) in [5, 5.41) is 5.87. The van der Waals surface area contributed by atoms with Crippen LogP contribution in [0.15, 0.2) is 36.7 Å². The van der Waals surface area contributed by atoms with Crippen LogP contribution in [0.1, 0.15) is 41.7 Å². The fourth-order valence-corrected chi connectivity index (χ4v) is 4.73. The Labute approximate surface area is 168 Å². The molecule has 1 atom stereocenters. The summed E-state index contributed by atoms with van der Waals surface area (Å²) >= 11 is 5.93. The van der Waals surface area contributed by atoms with Crippen LogP contribution in [0.3, 0.4) is 0 Å². The number of benzene rings is 1. The van der Waals surface area contributed by atoms with E-state index in [-0.39, 0.29) is 17.8 Å². The van der Waals surface area contributed by atoms with Gasteiger partial charge in [0.15, 0.2) is 0 Å². The van der Waals surface area contributed by atoms with Crippen LogP contribution in [0.5, 0.6) is 0 Å². The van der Waals surface area contributed by atoms with Crippen LogP contribution in [0, 0.1) is 0 Å². The van der Waals surface area contributed by atoms with Crippen molar-refractivity contribution in [2.45, 2.75) is 31.3 Å². The van der Waals surface area contributed by atoms with Gasteiger partial charge in [-0.1, -0.05) is 18.2 Å². The zero-order valence-electron chi connectivity index (χ0n) is 15.6. The Morgan fingerprint density at radius 2 is 2.11 bits per heavy atom. The number of carbonyl (C=O) groups is 1. The molecule has 7 heteroatoms. The topological polar surface area (TPSA) is 63.2 Å². The number of amides is 1. The lowest BCUT2D eigenvalue weighted by Crippen LogP contribution is -2.41. The van der Waals surface area contributed by atoms with Crippen molar-refractivity contribution in [3.8, 4) is 0 Å². The van der Waals surface area contributed by atoms with Crippen molar-refractivity contribution in [2.75, 3.05) is 25.6 Å². The first-order valence-electron chi connectivity index (χ1n) is 9.83. The zero-order chi connectivity index (χ0) is 19.1. The molecule has 5 rings (SSSR count). The van der Waals surface area contributed by atoms with Gasteiger partial charge >= 0.3 is 0 Å². The van der Waals surface area contributed by atoms with E-state index in [1.54, 1.807) is 0 Å². The number of aromatic nitrogens is 3. The number of ether oxygens (including phenoxy) is 1. The maximum atomic E-state index is 12.6. The molecule has 146 valence electrons. The second-order valence-corrected chi connectivity index (χ2v) is 7.80. The first kappa shape index (κ1) is 17.8. The number of halogens is 1. The SMILES string of the molecule is O=C(CCl)N1CCc2c([nH]c3ccccc23)[C@@H]1c1cnn(C2CCOCC2)c1. The molecule has 28 heavy (non-hydrogen) atoms. The summed E-state index contributed by atoms with van der Waals surface area (Å²) in [5.74, 6) is -0.0602. The normalized spacial score (nSPS) is 20.5. The van der Waals surface area contributed by atoms with Gasteiger partial charge < -0.3 is 14.6 Å². The Morgan fingerprint density at radius 3 is 2.93 bits per heavy atom. The van der Waals surface area contributed by atoms with Gasteiger partial charge in [-0.2, -0.15) is 5.10 Å². The van der Waals surface area contributed by atoms with Crippen LogP contribution in [0.4, 0.5) is 0 Å². The van der Waals surface area contributed by atoms with Crippen molar-refractivity contribution in [3.05, 3.63) is 53.5 Å². The highest BCUT2D eigenvalue weighted by molar-refractivity contribution is 6.27. The van der Waals surface area contributed by atoms with E-state index in [1.807, 2.05) is 21.8 Å². The molecular weight excluding hydrogens is 376 g/mol. The van der Waals surface area contributed by atoms with E-state index in [4.69, 9.17) is 16.3 Å². The summed E-state index contributed by atoms with van der Waals surface area (Å²) in [5.41, 5.74) is 4.50. The Hall–Kier alpha value is -2.31. The quantitative estimate of drug-likeness (QED) is 0.687. The lowest BCUT2D eigenvalue weighted by molar-refractivity contribution is -0.130. The maximum absolute atomic E-state index is 12.6. The molecule has 2 aliphatic heterocycles. The Kier molecular flexibility index (Phi) is 4.61. The molecule has 1 aromatic carbocycles. The summed E-state index contributed by atoms with van der Waals surface area (Å²) in [6.45, 7) is 2.20. The summed E-state index contributed by atoms with van der Waals surface area (Å²) in [4.78, 5) is 18.1. The zero-order valence-corrected chi connectivity index (χ0v) is 16.4. The van der Waals surface area contributed by atoms with Crippen LogP contribution < -0.4 is 0 Å². The monoisotopic (exact) mass is 398 g/mol. The highest BCUT2D eigenvalue weighted by Crippen LogP contribution is 2.38. The number of nitrogens with one attached hydrogen (secondary N) is 1. The first-order valence-corrected chi connectivity index (χ1v) is 10.4. The molecule has 0 aliphatic carbocycles. The second-order valence-electron chi connectivity index (χ2n) is 7.53. The Balaban J connectivity index is 1.58. The highest BCUT2D eigenvalue weighted by Gasteiger charge is 2.35. The van der Waals surface area contributed by atoms with Gasteiger partial charge in [-0.05, 0) is 30.9 Å². The van der Waals surface area contributed by atoms with Gasteiger partial charge in [-0.3, -0.25) is 9.48 Å². The van der Waals surface area contributed by atoms with E-state index in [0.717, 1.165) is 49.3 Å². The molecule has 0 unspecified atom stereocenters. The molecule has 0 bridgehead atoms. The number of hydrogen-bond donors (Lipinski definition) is 1. The molecule has 6 nitrogen and oxygen atoms in total. The number of alkyl halides is 1. The van der Waals surface area contributed by atoms with Crippen LogP contribution in [-0.4, -0.2) is 51.2 Å². The number of hydrogen-bond acceptors (Lipinski definition) is 3. The number of H-pyrrole nitrogens is 1. The third-order valence-electron chi connectivity index (χ3n) is 5.97. The third-order valence-corrected chi connectivity index (χ3v) is 6.20. The van der Waals surface area contributed by atoms with Gasteiger partial charge in [0.05, 0.1) is 12.2 Å². The minimum absolute atomic E-state index is 0.0137. The van der Waals surface area contributed by atoms with Crippen LogP contribution in [0.25, 0.3) is 10.9 Å². The van der Waals surface area contributed by atoms with Gasteiger partial charge in [0.1, 0.15) is 11.9 Å². The number of para-hydroxylation sites is 1. The lowest BCUT2D eigenvalue weighted by Gasteiger charge is -2.35. The number of aromatic amines is 1. The minimum Gasteiger partial charge on any atom is -0.381 e. The van der Waals surface area contributed by atoms with Crippen molar-refractivity contribution >= 4 is 28.4 Å². The molecule has 2 aromatic heterocycles. The van der Waals surface area contributed by atoms with Crippen LogP contribution >= 0.6 is 11.6 Å². The summed E-state index contributed by atoms with van der Waals surface area (Å²) in [7, 11) is 0. The Bertz CT molecular complexity index is 1000. The molecule has 1 N–H and O–H groups in total. The van der Waals surface area contributed by atoms with Crippen molar-refractivity contribution in [1.29, 1.82) is 0 Å². The maximum Gasteiger partial charge on any atom is 0.238 e. The average molecular weight is 399 g/mol. The van der Waals surface area contributed by atoms with Crippen molar-refractivity contribution in [3.63, 3.8) is 0 Å². The van der Waals surface area contributed by atoms with E-state index in [2.05, 4.69) is 34.5 Å². The molecule has 1 fully saturated rings. The molecule has 2 aliphatic rings. The lowest BCUT2D eigenvalue weighted by atomic mass is 9.94. The van der Waals surface area contributed by atoms with Crippen LogP contribution in [0.2, 0.25) is 0 Å². The number of nitrogens with zero attached hydrogens (tertiary/aromatic N) is 3. The number of rotatable bonds is 3. The highest BCUT2D eigenvalue weighted by atomic mass is 35.5. The van der Waals surface area contributed by atoms with E-state index in [9.17, 15) is 4.79 Å². The molecule has 0 saturated carbocycles. The van der Waals surface area contributed by atoms with Gasteiger partial charge in [0.25, 0.3) is 0 Å². The van der Waals surface area contributed by atoms with Gasteiger partial charge in [0.2, 0.25) is 5.91 Å².